The van der Waals surface area contributed by atoms with E-state index >= 15 is 0 Å². The predicted octanol–water partition coefficient (Wildman–Crippen LogP) is 1.41. The SMILES string of the molecule is COc1cccc2c1C[C@@H]1CNCCN1C2=O.O=CC(F)(F)F. The van der Waals surface area contributed by atoms with Gasteiger partial charge in [0, 0.05) is 36.8 Å². The van der Waals surface area contributed by atoms with E-state index in [1.54, 1.807) is 7.11 Å². The maximum atomic E-state index is 12.4. The van der Waals surface area contributed by atoms with Gasteiger partial charge in [-0.15, -0.1) is 0 Å². The van der Waals surface area contributed by atoms with E-state index in [9.17, 15) is 18.0 Å². The number of methoxy groups -OCH3 is 1. The molecule has 8 heteroatoms. The minimum absolute atomic E-state index is 0.150. The minimum atomic E-state index is -4.64. The number of rotatable bonds is 1. The number of fused-ring (bicyclic) bond motifs is 2. The molecule has 0 radical (unpaired) electrons. The van der Waals surface area contributed by atoms with Gasteiger partial charge in [-0.05, 0) is 18.6 Å². The van der Waals surface area contributed by atoms with Crippen LogP contribution < -0.4 is 10.1 Å². The molecular weight excluding hydrogens is 313 g/mol. The summed E-state index contributed by atoms with van der Waals surface area (Å²) in [5.74, 6) is 0.984. The van der Waals surface area contributed by atoms with Crippen molar-refractivity contribution in [2.75, 3.05) is 26.7 Å². The lowest BCUT2D eigenvalue weighted by Gasteiger charge is -2.40. The number of carbonyl (C=O) groups excluding carboxylic acids is 2. The van der Waals surface area contributed by atoms with E-state index in [-0.39, 0.29) is 11.9 Å². The van der Waals surface area contributed by atoms with Crippen molar-refractivity contribution in [1.29, 1.82) is 0 Å². The topological polar surface area (TPSA) is 58.6 Å². The van der Waals surface area contributed by atoms with Gasteiger partial charge in [-0.2, -0.15) is 13.2 Å². The van der Waals surface area contributed by atoms with Gasteiger partial charge in [-0.3, -0.25) is 9.59 Å². The van der Waals surface area contributed by atoms with Gasteiger partial charge in [0.25, 0.3) is 5.91 Å². The average molecular weight is 330 g/mol. The van der Waals surface area contributed by atoms with Crippen LogP contribution >= 0.6 is 0 Å². The summed E-state index contributed by atoms with van der Waals surface area (Å²) >= 11 is 0. The van der Waals surface area contributed by atoms with Crippen molar-refractivity contribution in [3.8, 4) is 5.75 Å². The van der Waals surface area contributed by atoms with E-state index in [0.29, 0.717) is 0 Å². The lowest BCUT2D eigenvalue weighted by molar-refractivity contribution is -0.156. The average Bonchev–Trinajstić information content (AvgIpc) is 2.54. The Kier molecular flexibility index (Phi) is 5.25. The van der Waals surface area contributed by atoms with E-state index in [4.69, 9.17) is 9.53 Å². The third-order valence-corrected chi connectivity index (χ3v) is 3.77. The van der Waals surface area contributed by atoms with Crippen LogP contribution in [0.2, 0.25) is 0 Å². The second-order valence-corrected chi connectivity index (χ2v) is 5.21. The fourth-order valence-corrected chi connectivity index (χ4v) is 2.77. The zero-order valence-corrected chi connectivity index (χ0v) is 12.5. The maximum absolute atomic E-state index is 12.4. The molecule has 1 N–H and O–H groups in total. The number of hydrogen-bond acceptors (Lipinski definition) is 4. The zero-order chi connectivity index (χ0) is 17.0. The van der Waals surface area contributed by atoms with Crippen molar-refractivity contribution in [2.45, 2.75) is 18.6 Å². The molecule has 0 bridgehead atoms. The number of halogens is 3. The molecule has 23 heavy (non-hydrogen) atoms. The van der Waals surface area contributed by atoms with Crippen LogP contribution in [-0.4, -0.2) is 56.1 Å². The molecule has 0 aromatic heterocycles. The highest BCUT2D eigenvalue weighted by Crippen LogP contribution is 2.30. The number of carbonyl (C=O) groups is 2. The van der Waals surface area contributed by atoms with Gasteiger partial charge < -0.3 is 15.0 Å². The molecule has 126 valence electrons. The van der Waals surface area contributed by atoms with Crippen LogP contribution in [0.25, 0.3) is 0 Å². The third-order valence-electron chi connectivity index (χ3n) is 3.77. The fraction of sp³-hybridized carbons (Fsp3) is 0.467. The van der Waals surface area contributed by atoms with Crippen molar-refractivity contribution < 1.29 is 27.5 Å². The minimum Gasteiger partial charge on any atom is -0.496 e. The van der Waals surface area contributed by atoms with Gasteiger partial charge in [-0.25, -0.2) is 0 Å². The number of alkyl halides is 3. The molecule has 1 aromatic rings. The molecule has 1 saturated heterocycles. The number of nitrogens with one attached hydrogen (secondary N) is 1. The molecule has 1 atom stereocenters. The molecule has 1 aromatic carbocycles. The van der Waals surface area contributed by atoms with E-state index in [2.05, 4.69) is 5.32 Å². The molecule has 2 heterocycles. The normalized spacial score (nSPS) is 19.9. The molecule has 5 nitrogen and oxygen atoms in total. The highest BCUT2D eigenvalue weighted by Gasteiger charge is 2.35. The Morgan fingerprint density at radius 3 is 2.70 bits per heavy atom. The second kappa shape index (κ2) is 6.99. The first-order valence-electron chi connectivity index (χ1n) is 7.08. The number of amides is 1. The smallest absolute Gasteiger partial charge is 0.446 e. The lowest BCUT2D eigenvalue weighted by atomic mass is 9.91. The van der Waals surface area contributed by atoms with Gasteiger partial charge in [-0.1, -0.05) is 6.07 Å². The van der Waals surface area contributed by atoms with Gasteiger partial charge in [0.05, 0.1) is 7.11 Å². The zero-order valence-electron chi connectivity index (χ0n) is 12.5. The summed E-state index contributed by atoms with van der Waals surface area (Å²) < 4.78 is 36.6. The maximum Gasteiger partial charge on any atom is 0.446 e. The molecule has 0 unspecified atom stereocenters. The van der Waals surface area contributed by atoms with Crippen LogP contribution in [0, 0.1) is 0 Å². The molecule has 3 rings (SSSR count). The number of hydrogen-bond donors (Lipinski definition) is 1. The van der Waals surface area contributed by atoms with Crippen LogP contribution in [-0.2, 0) is 11.2 Å². The summed E-state index contributed by atoms with van der Waals surface area (Å²) in [6.07, 6.45) is -4.81. The highest BCUT2D eigenvalue weighted by molar-refractivity contribution is 5.97. The van der Waals surface area contributed by atoms with Crippen LogP contribution in [0.15, 0.2) is 18.2 Å². The first-order valence-corrected chi connectivity index (χ1v) is 7.08. The third kappa shape index (κ3) is 4.01. The van der Waals surface area contributed by atoms with Crippen LogP contribution in [0.4, 0.5) is 13.2 Å². The van der Waals surface area contributed by atoms with Crippen LogP contribution in [0.1, 0.15) is 15.9 Å². The standard InChI is InChI=1S/C13H16N2O2.C2HF3O/c1-17-12-4-2-3-10-11(12)7-9-8-14-5-6-15(9)13(10)16;3-2(4,5)1-6/h2-4,9,14H,5-8H2,1H3;1H/t9-;/m1./s1. The van der Waals surface area contributed by atoms with Gasteiger partial charge in [0.2, 0.25) is 6.29 Å². The van der Waals surface area contributed by atoms with Gasteiger partial charge in [0.1, 0.15) is 5.75 Å². The monoisotopic (exact) mass is 330 g/mol. The largest absolute Gasteiger partial charge is 0.496 e. The predicted molar refractivity (Wildman–Crippen MR) is 76.5 cm³/mol. The van der Waals surface area contributed by atoms with Crippen molar-refractivity contribution in [2.24, 2.45) is 0 Å². The summed E-state index contributed by atoms with van der Waals surface area (Å²) in [5, 5.41) is 3.34. The summed E-state index contributed by atoms with van der Waals surface area (Å²) in [5.41, 5.74) is 1.87. The summed E-state index contributed by atoms with van der Waals surface area (Å²) in [7, 11) is 1.66. The lowest BCUT2D eigenvalue weighted by Crippen LogP contribution is -2.56. The molecule has 1 fully saturated rings. The number of aldehydes is 1. The summed E-state index contributed by atoms with van der Waals surface area (Å²) in [4.78, 5) is 23.0. The first-order chi connectivity index (χ1) is 10.9. The van der Waals surface area contributed by atoms with Crippen LogP contribution in [0.5, 0.6) is 5.75 Å². The van der Waals surface area contributed by atoms with E-state index in [0.717, 1.165) is 42.9 Å². The van der Waals surface area contributed by atoms with Crippen LogP contribution in [0.3, 0.4) is 0 Å². The summed E-state index contributed by atoms with van der Waals surface area (Å²) in [6.45, 7) is 2.57. The van der Waals surface area contributed by atoms with Gasteiger partial charge >= 0.3 is 6.18 Å². The Bertz CT molecular complexity index is 590. The Balaban J connectivity index is 0.000000277. The fourth-order valence-electron chi connectivity index (χ4n) is 2.77. The molecule has 0 aliphatic carbocycles. The number of benzene rings is 1. The molecule has 2 aliphatic rings. The molecule has 0 saturated carbocycles. The second-order valence-electron chi connectivity index (χ2n) is 5.21. The number of nitrogens with zero attached hydrogens (tertiary/aromatic N) is 1. The molecular formula is C15H17F3N2O3. The van der Waals surface area contributed by atoms with Gasteiger partial charge in [0.15, 0.2) is 0 Å². The first kappa shape index (κ1) is 17.3. The van der Waals surface area contributed by atoms with Crippen molar-refractivity contribution >= 4 is 12.2 Å². The van der Waals surface area contributed by atoms with E-state index < -0.39 is 12.5 Å². The number of piperazine rings is 1. The Labute approximate surface area is 131 Å². The quantitative estimate of drug-likeness (QED) is 0.791. The van der Waals surface area contributed by atoms with E-state index in [1.165, 1.54) is 0 Å². The molecule has 1 amide bonds. The Morgan fingerprint density at radius 1 is 1.39 bits per heavy atom. The molecule has 0 spiro atoms. The Morgan fingerprint density at radius 2 is 2.09 bits per heavy atom. The Hall–Kier alpha value is -2.09. The van der Waals surface area contributed by atoms with Crippen molar-refractivity contribution in [3.05, 3.63) is 29.3 Å². The van der Waals surface area contributed by atoms with E-state index in [1.807, 2.05) is 23.1 Å². The highest BCUT2D eigenvalue weighted by atomic mass is 19.4. The van der Waals surface area contributed by atoms with Crippen molar-refractivity contribution in [3.63, 3.8) is 0 Å². The number of ether oxygens (including phenoxy) is 1. The van der Waals surface area contributed by atoms with Crippen molar-refractivity contribution in [1.82, 2.24) is 10.2 Å². The summed E-state index contributed by atoms with van der Waals surface area (Å²) in [6, 6.07) is 5.99. The molecule has 2 aliphatic heterocycles.